The minimum Gasteiger partial charge on any atom is -0.493 e. The Morgan fingerprint density at radius 2 is 2.00 bits per heavy atom. The molecular formula is C19H19ClN2O2. The van der Waals surface area contributed by atoms with Crippen molar-refractivity contribution in [3.63, 3.8) is 0 Å². The molecule has 0 saturated carbocycles. The number of ether oxygens (including phenoxy) is 2. The molecular weight excluding hydrogens is 324 g/mol. The van der Waals surface area contributed by atoms with Gasteiger partial charge in [0.05, 0.1) is 18.1 Å². The molecule has 124 valence electrons. The number of aromatic nitrogens is 2. The van der Waals surface area contributed by atoms with Crippen LogP contribution in [0.2, 0.25) is 5.02 Å². The summed E-state index contributed by atoms with van der Waals surface area (Å²) in [5.74, 6) is 2.11. The highest BCUT2D eigenvalue weighted by Gasteiger charge is 2.15. The fourth-order valence-corrected chi connectivity index (χ4v) is 2.69. The van der Waals surface area contributed by atoms with Crippen LogP contribution in [0, 0.1) is 0 Å². The number of aromatic amines is 1. The van der Waals surface area contributed by atoms with Crippen LogP contribution in [-0.4, -0.2) is 17.1 Å². The Balaban J connectivity index is 1.86. The predicted octanol–water partition coefficient (Wildman–Crippen LogP) is 5.40. The summed E-state index contributed by atoms with van der Waals surface area (Å²) in [6, 6.07) is 11.4. The van der Waals surface area contributed by atoms with Crippen LogP contribution >= 0.6 is 11.6 Å². The molecule has 3 aromatic rings. The summed E-state index contributed by atoms with van der Waals surface area (Å²) < 4.78 is 11.5. The fourth-order valence-electron chi connectivity index (χ4n) is 2.52. The molecule has 24 heavy (non-hydrogen) atoms. The molecule has 1 aromatic heterocycles. The smallest absolute Gasteiger partial charge is 0.162 e. The summed E-state index contributed by atoms with van der Waals surface area (Å²) in [5.41, 5.74) is 2.82. The molecule has 0 spiro atoms. The summed E-state index contributed by atoms with van der Waals surface area (Å²) in [5, 5.41) is 0.674. The van der Waals surface area contributed by atoms with Crippen molar-refractivity contribution < 1.29 is 9.47 Å². The molecule has 0 bridgehead atoms. The number of H-pyrrole nitrogens is 1. The van der Waals surface area contributed by atoms with E-state index < -0.39 is 0 Å². The standard InChI is InChI=1S/C19H19ClN2O2/c1-4-5-13-6-9-17(18(10-13)23-3)24-12(2)19-21-15-8-7-14(20)11-16(15)22-19/h4-12H,1-3H3,(H,21,22). The maximum atomic E-state index is 6.04. The normalized spacial score (nSPS) is 12.7. The average Bonchev–Trinajstić information content (AvgIpc) is 2.99. The van der Waals surface area contributed by atoms with Crippen molar-refractivity contribution in [3.8, 4) is 11.5 Å². The highest BCUT2D eigenvalue weighted by Crippen LogP contribution is 2.32. The number of hydrogen-bond donors (Lipinski definition) is 1. The molecule has 0 radical (unpaired) electrons. The summed E-state index contributed by atoms with van der Waals surface area (Å²) in [7, 11) is 1.63. The fraction of sp³-hybridized carbons (Fsp3) is 0.211. The quantitative estimate of drug-likeness (QED) is 0.675. The highest BCUT2D eigenvalue weighted by molar-refractivity contribution is 6.31. The lowest BCUT2D eigenvalue weighted by molar-refractivity contribution is 0.208. The second kappa shape index (κ2) is 6.97. The molecule has 5 heteroatoms. The zero-order valence-corrected chi connectivity index (χ0v) is 14.6. The van der Waals surface area contributed by atoms with Crippen LogP contribution in [0.25, 0.3) is 17.1 Å². The number of fused-ring (bicyclic) bond motifs is 1. The lowest BCUT2D eigenvalue weighted by Crippen LogP contribution is -2.06. The molecule has 2 aromatic carbocycles. The van der Waals surface area contributed by atoms with Crippen LogP contribution < -0.4 is 9.47 Å². The molecule has 1 unspecified atom stereocenters. The van der Waals surface area contributed by atoms with Gasteiger partial charge in [0, 0.05) is 5.02 Å². The van der Waals surface area contributed by atoms with Crippen molar-refractivity contribution in [3.05, 3.63) is 58.9 Å². The summed E-state index contributed by atoms with van der Waals surface area (Å²) in [4.78, 5) is 7.81. The second-order valence-electron chi connectivity index (χ2n) is 5.45. The van der Waals surface area contributed by atoms with Crippen molar-refractivity contribution in [2.75, 3.05) is 7.11 Å². The van der Waals surface area contributed by atoms with Gasteiger partial charge in [0.1, 0.15) is 5.82 Å². The molecule has 0 aliphatic carbocycles. The third-order valence-electron chi connectivity index (χ3n) is 3.70. The number of nitrogens with zero attached hydrogens (tertiary/aromatic N) is 1. The number of imidazole rings is 1. The zero-order valence-electron chi connectivity index (χ0n) is 13.8. The predicted molar refractivity (Wildman–Crippen MR) is 97.8 cm³/mol. The minimum absolute atomic E-state index is 0.252. The number of benzene rings is 2. The zero-order chi connectivity index (χ0) is 17.1. The number of methoxy groups -OCH3 is 1. The summed E-state index contributed by atoms with van der Waals surface area (Å²) >= 11 is 6.02. The van der Waals surface area contributed by atoms with E-state index in [2.05, 4.69) is 9.97 Å². The molecule has 0 aliphatic rings. The van der Waals surface area contributed by atoms with Crippen LogP contribution in [0.1, 0.15) is 31.3 Å². The van der Waals surface area contributed by atoms with Crippen molar-refractivity contribution in [1.29, 1.82) is 0 Å². The summed E-state index contributed by atoms with van der Waals surface area (Å²) in [6.07, 6.45) is 3.74. The molecule has 3 rings (SSSR count). The van der Waals surface area contributed by atoms with Gasteiger partial charge in [-0.1, -0.05) is 29.8 Å². The largest absolute Gasteiger partial charge is 0.493 e. The van der Waals surface area contributed by atoms with Gasteiger partial charge in [-0.05, 0) is 49.7 Å². The maximum Gasteiger partial charge on any atom is 0.162 e. The van der Waals surface area contributed by atoms with E-state index in [0.29, 0.717) is 16.5 Å². The first-order valence-corrected chi connectivity index (χ1v) is 8.11. The number of rotatable bonds is 5. The Kier molecular flexibility index (Phi) is 4.76. The van der Waals surface area contributed by atoms with Crippen LogP contribution in [-0.2, 0) is 0 Å². The lowest BCUT2D eigenvalue weighted by atomic mass is 10.2. The van der Waals surface area contributed by atoms with E-state index in [1.54, 1.807) is 7.11 Å². The van der Waals surface area contributed by atoms with Crippen LogP contribution in [0.15, 0.2) is 42.5 Å². The van der Waals surface area contributed by atoms with E-state index in [4.69, 9.17) is 21.1 Å². The molecule has 4 nitrogen and oxygen atoms in total. The van der Waals surface area contributed by atoms with E-state index >= 15 is 0 Å². The van der Waals surface area contributed by atoms with E-state index in [0.717, 1.165) is 22.4 Å². The molecule has 1 atom stereocenters. The van der Waals surface area contributed by atoms with Crippen molar-refractivity contribution in [1.82, 2.24) is 9.97 Å². The lowest BCUT2D eigenvalue weighted by Gasteiger charge is -2.15. The molecule has 0 saturated heterocycles. The molecule has 0 fully saturated rings. The van der Waals surface area contributed by atoms with E-state index in [1.807, 2.05) is 62.4 Å². The van der Waals surface area contributed by atoms with Crippen LogP contribution in [0.5, 0.6) is 11.5 Å². The number of nitrogens with one attached hydrogen (secondary N) is 1. The minimum atomic E-state index is -0.252. The first-order chi connectivity index (χ1) is 11.6. The molecule has 1 heterocycles. The van der Waals surface area contributed by atoms with Gasteiger partial charge < -0.3 is 14.5 Å². The van der Waals surface area contributed by atoms with E-state index in [-0.39, 0.29) is 6.10 Å². The second-order valence-corrected chi connectivity index (χ2v) is 5.89. The SMILES string of the molecule is CC=Cc1ccc(OC(C)c2nc3ccc(Cl)cc3[nH]2)c(OC)c1. The number of halogens is 1. The van der Waals surface area contributed by atoms with Gasteiger partial charge >= 0.3 is 0 Å². The Hall–Kier alpha value is -2.46. The van der Waals surface area contributed by atoms with Crippen molar-refractivity contribution >= 4 is 28.7 Å². The first kappa shape index (κ1) is 16.4. The van der Waals surface area contributed by atoms with E-state index in [9.17, 15) is 0 Å². The van der Waals surface area contributed by atoms with Crippen LogP contribution in [0.3, 0.4) is 0 Å². The third kappa shape index (κ3) is 3.39. The third-order valence-corrected chi connectivity index (χ3v) is 3.93. The summed E-state index contributed by atoms with van der Waals surface area (Å²) in [6.45, 7) is 3.92. The maximum absolute atomic E-state index is 6.04. The topological polar surface area (TPSA) is 47.1 Å². The number of hydrogen-bond acceptors (Lipinski definition) is 3. The molecule has 1 N–H and O–H groups in total. The number of allylic oxidation sites excluding steroid dienone is 1. The van der Waals surface area contributed by atoms with Crippen molar-refractivity contribution in [2.45, 2.75) is 20.0 Å². The van der Waals surface area contributed by atoms with Gasteiger partial charge in [-0.15, -0.1) is 0 Å². The Bertz CT molecular complexity index is 886. The van der Waals surface area contributed by atoms with Crippen molar-refractivity contribution in [2.24, 2.45) is 0 Å². The van der Waals surface area contributed by atoms with Gasteiger partial charge in [-0.2, -0.15) is 0 Å². The monoisotopic (exact) mass is 342 g/mol. The van der Waals surface area contributed by atoms with E-state index in [1.165, 1.54) is 0 Å². The van der Waals surface area contributed by atoms with Gasteiger partial charge in [0.2, 0.25) is 0 Å². The Morgan fingerprint density at radius 1 is 1.17 bits per heavy atom. The molecule has 0 amide bonds. The Labute approximate surface area is 146 Å². The van der Waals surface area contributed by atoms with Crippen LogP contribution in [0.4, 0.5) is 0 Å². The van der Waals surface area contributed by atoms with Gasteiger partial charge in [-0.25, -0.2) is 4.98 Å². The Morgan fingerprint density at radius 3 is 2.75 bits per heavy atom. The van der Waals surface area contributed by atoms with Gasteiger partial charge in [-0.3, -0.25) is 0 Å². The highest BCUT2D eigenvalue weighted by atomic mass is 35.5. The average molecular weight is 343 g/mol. The first-order valence-electron chi connectivity index (χ1n) is 7.73. The molecule has 0 aliphatic heterocycles. The van der Waals surface area contributed by atoms with Gasteiger partial charge in [0.25, 0.3) is 0 Å². The van der Waals surface area contributed by atoms with Gasteiger partial charge in [0.15, 0.2) is 17.6 Å².